The molecule has 0 radical (unpaired) electrons. The first-order valence-electron chi connectivity index (χ1n) is 8.70. The first kappa shape index (κ1) is 24.0. The van der Waals surface area contributed by atoms with Crippen LogP contribution in [0, 0.1) is 11.8 Å². The lowest BCUT2D eigenvalue weighted by Gasteiger charge is -2.31. The number of hydrogen-bond donors (Lipinski definition) is 0. The predicted molar refractivity (Wildman–Crippen MR) is 102 cm³/mol. The van der Waals surface area contributed by atoms with Gasteiger partial charge >= 0.3 is 5.97 Å². The van der Waals surface area contributed by atoms with Crippen LogP contribution in [0.1, 0.15) is 31.1 Å². The van der Waals surface area contributed by atoms with Crippen molar-refractivity contribution in [3.05, 3.63) is 23.8 Å². The summed E-state index contributed by atoms with van der Waals surface area (Å²) < 4.78 is 27.5. The molecule has 1 aromatic rings. The maximum absolute atomic E-state index is 13.5. The van der Waals surface area contributed by atoms with Gasteiger partial charge in [-0.15, -0.1) is 0 Å². The first-order chi connectivity index (χ1) is 13.3. The fourth-order valence-electron chi connectivity index (χ4n) is 2.97. The van der Waals surface area contributed by atoms with Crippen molar-refractivity contribution >= 4 is 20.2 Å². The van der Waals surface area contributed by atoms with E-state index >= 15 is 0 Å². The Morgan fingerprint density at radius 2 is 1.64 bits per heavy atom. The third kappa shape index (κ3) is 5.28. The van der Waals surface area contributed by atoms with Crippen LogP contribution in [0.2, 0.25) is 0 Å². The van der Waals surface area contributed by atoms with Gasteiger partial charge in [0, 0.05) is 7.11 Å². The van der Waals surface area contributed by atoms with Gasteiger partial charge in [0.2, 0.25) is 0 Å². The Kier molecular flexibility index (Phi) is 9.52. The third-order valence-electron chi connectivity index (χ3n) is 4.34. The lowest BCUT2D eigenvalue weighted by atomic mass is 9.78. The van der Waals surface area contributed by atoms with Crippen LogP contribution in [0.15, 0.2) is 18.2 Å². The highest BCUT2D eigenvalue weighted by atomic mass is 31.1. The van der Waals surface area contributed by atoms with Gasteiger partial charge in [-0.05, 0) is 25.0 Å². The van der Waals surface area contributed by atoms with E-state index < -0.39 is 31.3 Å². The molecular formula is C19H27O8P. The van der Waals surface area contributed by atoms with Gasteiger partial charge < -0.3 is 14.2 Å². The van der Waals surface area contributed by atoms with Crippen molar-refractivity contribution in [2.24, 2.45) is 11.8 Å². The SMILES string of the molecule is COCCOOC(=O)C(C)(P=O)C(C(=O)c1c(OC)cccc1OC)C(C)C. The average Bonchev–Trinajstić information content (AvgIpc) is 2.69. The summed E-state index contributed by atoms with van der Waals surface area (Å²) in [5.74, 6) is -2.10. The second-order valence-electron chi connectivity index (χ2n) is 6.55. The minimum atomic E-state index is -1.68. The molecule has 0 aliphatic rings. The van der Waals surface area contributed by atoms with Crippen molar-refractivity contribution in [1.82, 2.24) is 0 Å². The average molecular weight is 414 g/mol. The fraction of sp³-hybridized carbons (Fsp3) is 0.579. The van der Waals surface area contributed by atoms with Crippen LogP contribution in [0.3, 0.4) is 0 Å². The summed E-state index contributed by atoms with van der Waals surface area (Å²) in [5, 5.41) is -1.68. The van der Waals surface area contributed by atoms with Crippen LogP contribution in [0.5, 0.6) is 11.5 Å². The van der Waals surface area contributed by atoms with Gasteiger partial charge in [0.15, 0.2) is 19.4 Å². The minimum absolute atomic E-state index is 0.00862. The molecule has 0 saturated carbocycles. The molecule has 0 aliphatic heterocycles. The van der Waals surface area contributed by atoms with Gasteiger partial charge in [0.25, 0.3) is 0 Å². The summed E-state index contributed by atoms with van der Waals surface area (Å²) in [4.78, 5) is 35.7. The van der Waals surface area contributed by atoms with Crippen molar-refractivity contribution in [1.29, 1.82) is 0 Å². The standard InChI is InChI=1S/C19H27O8P/c1-12(2)16(19(3,28-22)18(21)27-26-11-10-23-4)17(20)15-13(24-5)8-7-9-14(15)25-6/h7-9,12,16H,10-11H2,1-6H3. The van der Waals surface area contributed by atoms with E-state index in [1.807, 2.05) is 0 Å². The van der Waals surface area contributed by atoms with Crippen molar-refractivity contribution in [2.75, 3.05) is 34.5 Å². The van der Waals surface area contributed by atoms with Crippen LogP contribution >= 0.6 is 8.46 Å². The largest absolute Gasteiger partial charge is 0.496 e. The molecule has 0 N–H and O–H groups in total. The van der Waals surface area contributed by atoms with Crippen molar-refractivity contribution < 1.29 is 38.1 Å². The van der Waals surface area contributed by atoms with E-state index in [-0.39, 0.29) is 24.7 Å². The smallest absolute Gasteiger partial charge is 0.360 e. The maximum Gasteiger partial charge on any atom is 0.360 e. The van der Waals surface area contributed by atoms with Crippen molar-refractivity contribution in [3.8, 4) is 11.5 Å². The molecule has 0 amide bonds. The number of carbonyl (C=O) groups is 2. The van der Waals surface area contributed by atoms with E-state index in [1.54, 1.807) is 32.0 Å². The van der Waals surface area contributed by atoms with E-state index in [9.17, 15) is 14.2 Å². The zero-order chi connectivity index (χ0) is 21.3. The van der Waals surface area contributed by atoms with Gasteiger partial charge in [-0.2, -0.15) is 4.89 Å². The first-order valence-corrected chi connectivity index (χ1v) is 9.52. The van der Waals surface area contributed by atoms with E-state index in [0.29, 0.717) is 11.5 Å². The van der Waals surface area contributed by atoms with Crippen LogP contribution in [-0.4, -0.2) is 51.5 Å². The Morgan fingerprint density at radius 3 is 2.07 bits per heavy atom. The molecule has 2 atom stereocenters. The second kappa shape index (κ2) is 11.1. The van der Waals surface area contributed by atoms with Crippen molar-refractivity contribution in [3.63, 3.8) is 0 Å². The highest BCUT2D eigenvalue weighted by molar-refractivity contribution is 7.27. The Bertz CT molecular complexity index is 668. The molecule has 9 heteroatoms. The van der Waals surface area contributed by atoms with E-state index in [1.165, 1.54) is 28.3 Å². The summed E-state index contributed by atoms with van der Waals surface area (Å²) in [5.41, 5.74) is 0.175. The van der Waals surface area contributed by atoms with Crippen molar-refractivity contribution in [2.45, 2.75) is 25.9 Å². The summed E-state index contributed by atoms with van der Waals surface area (Å²) in [6, 6.07) is 4.92. The van der Waals surface area contributed by atoms with E-state index in [4.69, 9.17) is 24.0 Å². The maximum atomic E-state index is 13.5. The Hall–Kier alpha value is -2.02. The molecule has 0 fully saturated rings. The number of hydrogen-bond acceptors (Lipinski definition) is 8. The topological polar surface area (TPSA) is 97.4 Å². The second-order valence-corrected chi connectivity index (χ2v) is 7.66. The van der Waals surface area contributed by atoms with E-state index in [2.05, 4.69) is 0 Å². The molecule has 0 heterocycles. The van der Waals surface area contributed by atoms with Gasteiger partial charge in [-0.1, -0.05) is 19.9 Å². The van der Waals surface area contributed by atoms with Gasteiger partial charge in [-0.25, -0.2) is 4.79 Å². The number of ketones is 1. The molecule has 1 aromatic carbocycles. The van der Waals surface area contributed by atoms with E-state index in [0.717, 1.165) is 0 Å². The Morgan fingerprint density at radius 1 is 1.07 bits per heavy atom. The lowest BCUT2D eigenvalue weighted by molar-refractivity contribution is -0.278. The molecule has 8 nitrogen and oxygen atoms in total. The zero-order valence-corrected chi connectivity index (χ0v) is 17.9. The van der Waals surface area contributed by atoms with Gasteiger partial charge in [0.1, 0.15) is 23.7 Å². The molecule has 0 aromatic heterocycles. The number of Topliss-reactive ketones (excluding diaryl/α,β-unsaturated/α-hetero) is 1. The van der Waals surface area contributed by atoms with Crippen LogP contribution in [0.25, 0.3) is 0 Å². The quantitative estimate of drug-likeness (QED) is 0.169. The van der Waals surface area contributed by atoms with Crippen LogP contribution in [0.4, 0.5) is 0 Å². The summed E-state index contributed by atoms with van der Waals surface area (Å²) in [7, 11) is 3.76. The molecule has 0 bridgehead atoms. The molecule has 28 heavy (non-hydrogen) atoms. The number of carbonyl (C=O) groups excluding carboxylic acids is 2. The Balaban J connectivity index is 3.33. The summed E-state index contributed by atoms with van der Waals surface area (Å²) in [6.45, 7) is 5.13. The molecule has 1 rings (SSSR count). The summed E-state index contributed by atoms with van der Waals surface area (Å²) >= 11 is 0. The molecular weight excluding hydrogens is 387 g/mol. The monoisotopic (exact) mass is 414 g/mol. The van der Waals surface area contributed by atoms with Gasteiger partial charge in [0.05, 0.1) is 26.7 Å². The number of methoxy groups -OCH3 is 3. The number of rotatable bonds is 12. The molecule has 2 unspecified atom stereocenters. The summed E-state index contributed by atoms with van der Waals surface area (Å²) in [6.07, 6.45) is 0. The van der Waals surface area contributed by atoms with Gasteiger partial charge in [-0.3, -0.25) is 14.2 Å². The molecule has 0 spiro atoms. The highest BCUT2D eigenvalue weighted by Gasteiger charge is 2.51. The van der Waals surface area contributed by atoms with Crippen LogP contribution in [-0.2, 0) is 23.9 Å². The molecule has 0 aliphatic carbocycles. The van der Waals surface area contributed by atoms with Crippen LogP contribution < -0.4 is 9.47 Å². The minimum Gasteiger partial charge on any atom is -0.496 e. The molecule has 156 valence electrons. The zero-order valence-electron chi connectivity index (χ0n) is 17.0. The normalized spacial score (nSPS) is 14.4. The number of benzene rings is 1. The predicted octanol–water partition coefficient (Wildman–Crippen LogP) is 3.33. The third-order valence-corrected chi connectivity index (χ3v) is 5.18. The Labute approximate surface area is 166 Å². The molecule has 0 saturated heterocycles. The number of ether oxygens (including phenoxy) is 3. The lowest BCUT2D eigenvalue weighted by Crippen LogP contribution is -2.46. The highest BCUT2D eigenvalue weighted by Crippen LogP contribution is 2.42. The fourth-order valence-corrected chi connectivity index (χ4v) is 3.62.